The van der Waals surface area contributed by atoms with Crippen LogP contribution in [0.4, 0.5) is 0 Å². The number of hydrogen-bond donors (Lipinski definition) is 0. The molecule has 1 heterocycles. The van der Waals surface area contributed by atoms with Crippen molar-refractivity contribution in [2.24, 2.45) is 0 Å². The van der Waals surface area contributed by atoms with E-state index in [1.165, 1.54) is 12.7 Å². The van der Waals surface area contributed by atoms with Crippen LogP contribution in [0.3, 0.4) is 0 Å². The maximum absolute atomic E-state index is 12.2. The summed E-state index contributed by atoms with van der Waals surface area (Å²) in [6.45, 7) is 1.40. The molecular formula is C18H22ClNO3. The van der Waals surface area contributed by atoms with Gasteiger partial charge >= 0.3 is 5.97 Å². The summed E-state index contributed by atoms with van der Waals surface area (Å²) in [6.07, 6.45) is 5.63. The minimum atomic E-state index is -0.278. The third kappa shape index (κ3) is 5.39. The molecule has 0 aromatic heterocycles. The van der Waals surface area contributed by atoms with Crippen LogP contribution in [-0.2, 0) is 20.7 Å². The lowest BCUT2D eigenvalue weighted by atomic mass is 10.1. The molecule has 0 spiro atoms. The molecule has 23 heavy (non-hydrogen) atoms. The van der Waals surface area contributed by atoms with E-state index in [0.29, 0.717) is 13.0 Å². The van der Waals surface area contributed by atoms with E-state index in [4.69, 9.17) is 11.6 Å². The summed E-state index contributed by atoms with van der Waals surface area (Å²) < 4.78 is 4.60. The van der Waals surface area contributed by atoms with Crippen LogP contribution in [0.5, 0.6) is 0 Å². The third-order valence-corrected chi connectivity index (χ3v) is 4.25. The maximum Gasteiger partial charge on any atom is 0.305 e. The predicted molar refractivity (Wildman–Crippen MR) is 90.3 cm³/mol. The maximum atomic E-state index is 12.2. The number of esters is 1. The Labute approximate surface area is 142 Å². The molecule has 1 aromatic carbocycles. The Morgan fingerprint density at radius 1 is 1.22 bits per heavy atom. The van der Waals surface area contributed by atoms with Crippen molar-refractivity contribution < 1.29 is 14.3 Å². The summed E-state index contributed by atoms with van der Waals surface area (Å²) in [6, 6.07) is 7.88. The number of carbonyl (C=O) groups excluding carboxylic acids is 2. The van der Waals surface area contributed by atoms with E-state index in [1.807, 2.05) is 35.2 Å². The zero-order valence-electron chi connectivity index (χ0n) is 13.4. The fraction of sp³-hybridized carbons (Fsp3) is 0.444. The average molecular weight is 336 g/mol. The van der Waals surface area contributed by atoms with Crippen LogP contribution in [0, 0.1) is 0 Å². The van der Waals surface area contributed by atoms with Gasteiger partial charge in [0.2, 0.25) is 5.91 Å². The van der Waals surface area contributed by atoms with Gasteiger partial charge in [-0.3, -0.25) is 9.59 Å². The Hall–Kier alpha value is -1.81. The van der Waals surface area contributed by atoms with Gasteiger partial charge in [0, 0.05) is 30.1 Å². The number of halogens is 1. The highest BCUT2D eigenvalue weighted by molar-refractivity contribution is 6.30. The van der Waals surface area contributed by atoms with Gasteiger partial charge < -0.3 is 9.64 Å². The van der Waals surface area contributed by atoms with Crippen molar-refractivity contribution in [2.45, 2.75) is 32.1 Å². The molecule has 5 heteroatoms. The van der Waals surface area contributed by atoms with Gasteiger partial charge in [-0.15, -0.1) is 0 Å². The molecule has 0 saturated heterocycles. The zero-order valence-corrected chi connectivity index (χ0v) is 14.1. The summed E-state index contributed by atoms with van der Waals surface area (Å²) in [5, 5.41) is 0.752. The van der Waals surface area contributed by atoms with Crippen molar-refractivity contribution >= 4 is 23.5 Å². The topological polar surface area (TPSA) is 46.6 Å². The molecule has 1 amide bonds. The fourth-order valence-corrected chi connectivity index (χ4v) is 2.74. The van der Waals surface area contributed by atoms with Crippen LogP contribution in [0.2, 0.25) is 5.02 Å². The Balaban J connectivity index is 1.66. The second-order valence-electron chi connectivity index (χ2n) is 5.64. The van der Waals surface area contributed by atoms with Gasteiger partial charge in [0.1, 0.15) is 0 Å². The average Bonchev–Trinajstić information content (AvgIpc) is 2.91. The number of hydrogen-bond acceptors (Lipinski definition) is 3. The summed E-state index contributed by atoms with van der Waals surface area (Å²) in [5.41, 5.74) is 1.99. The van der Waals surface area contributed by atoms with Crippen LogP contribution in [0.15, 0.2) is 35.9 Å². The van der Waals surface area contributed by atoms with Gasteiger partial charge in [-0.05, 0) is 43.4 Å². The molecule has 1 aliphatic heterocycles. The van der Waals surface area contributed by atoms with Crippen molar-refractivity contribution in [3.63, 3.8) is 0 Å². The first-order valence-electron chi connectivity index (χ1n) is 7.89. The van der Waals surface area contributed by atoms with Gasteiger partial charge in [-0.25, -0.2) is 0 Å². The van der Waals surface area contributed by atoms with Gasteiger partial charge in [0.25, 0.3) is 0 Å². The molecule has 2 rings (SSSR count). The molecule has 1 aliphatic rings. The highest BCUT2D eigenvalue weighted by atomic mass is 35.5. The molecular weight excluding hydrogens is 314 g/mol. The first kappa shape index (κ1) is 17.5. The second kappa shape index (κ2) is 8.73. The number of rotatable bonds is 8. The van der Waals surface area contributed by atoms with Crippen LogP contribution >= 0.6 is 11.6 Å². The number of methoxy groups -OCH3 is 1. The van der Waals surface area contributed by atoms with Gasteiger partial charge in [0.05, 0.1) is 7.11 Å². The Bertz CT molecular complexity index is 580. The molecule has 124 valence electrons. The monoisotopic (exact) mass is 335 g/mol. The fourth-order valence-electron chi connectivity index (χ4n) is 2.62. The molecule has 0 radical (unpaired) electrons. The second-order valence-corrected chi connectivity index (χ2v) is 6.08. The number of aryl methyl sites for hydroxylation is 1. The molecule has 0 atom stereocenters. The lowest BCUT2D eigenvalue weighted by Gasteiger charge is -2.16. The van der Waals surface area contributed by atoms with Crippen molar-refractivity contribution in [1.82, 2.24) is 4.90 Å². The van der Waals surface area contributed by atoms with Gasteiger partial charge in [-0.2, -0.15) is 0 Å². The standard InChI is InChI=1S/C18H22ClNO3/c1-23-17(21)10-7-15-11-13-20(18(15)22)12-3-2-4-14-5-8-16(19)9-6-14/h5-6,8-9,11H,2-4,7,10,12-13H2,1H3. The molecule has 0 N–H and O–H groups in total. The summed E-state index contributed by atoms with van der Waals surface area (Å²) >= 11 is 5.86. The SMILES string of the molecule is COC(=O)CCC1=CCN(CCCCc2ccc(Cl)cc2)C1=O. The normalized spacial score (nSPS) is 14.1. The summed E-state index contributed by atoms with van der Waals surface area (Å²) in [4.78, 5) is 25.2. The van der Waals surface area contributed by atoms with Gasteiger partial charge in [-0.1, -0.05) is 29.8 Å². The predicted octanol–water partition coefficient (Wildman–Crippen LogP) is 3.38. The number of ether oxygens (including phenoxy) is 1. The highest BCUT2D eigenvalue weighted by Crippen LogP contribution is 2.18. The molecule has 1 aromatic rings. The van der Waals surface area contributed by atoms with E-state index in [9.17, 15) is 9.59 Å². The lowest BCUT2D eigenvalue weighted by Crippen LogP contribution is -2.28. The Kier molecular flexibility index (Phi) is 6.66. The number of amides is 1. The number of benzene rings is 1. The summed E-state index contributed by atoms with van der Waals surface area (Å²) in [7, 11) is 1.36. The molecule has 0 bridgehead atoms. The van der Waals surface area contributed by atoms with Gasteiger partial charge in [0.15, 0.2) is 0 Å². The largest absolute Gasteiger partial charge is 0.469 e. The first-order valence-corrected chi connectivity index (χ1v) is 8.27. The van der Waals surface area contributed by atoms with Crippen LogP contribution in [0.1, 0.15) is 31.2 Å². The van der Waals surface area contributed by atoms with Crippen molar-refractivity contribution in [1.29, 1.82) is 0 Å². The van der Waals surface area contributed by atoms with Crippen LogP contribution in [0.25, 0.3) is 0 Å². The lowest BCUT2D eigenvalue weighted by molar-refractivity contribution is -0.140. The smallest absolute Gasteiger partial charge is 0.305 e. The molecule has 0 saturated carbocycles. The Morgan fingerprint density at radius 3 is 2.65 bits per heavy atom. The van der Waals surface area contributed by atoms with E-state index in [-0.39, 0.29) is 18.3 Å². The first-order chi connectivity index (χ1) is 11.1. The zero-order chi connectivity index (χ0) is 16.7. The van der Waals surface area contributed by atoms with E-state index in [1.54, 1.807) is 0 Å². The van der Waals surface area contributed by atoms with E-state index in [2.05, 4.69) is 4.74 Å². The molecule has 0 aliphatic carbocycles. The number of carbonyl (C=O) groups is 2. The minimum absolute atomic E-state index is 0.0559. The van der Waals surface area contributed by atoms with E-state index >= 15 is 0 Å². The molecule has 0 unspecified atom stereocenters. The highest BCUT2D eigenvalue weighted by Gasteiger charge is 2.23. The Morgan fingerprint density at radius 2 is 1.96 bits per heavy atom. The van der Waals surface area contributed by atoms with E-state index < -0.39 is 0 Å². The van der Waals surface area contributed by atoms with E-state index in [0.717, 1.165) is 36.4 Å². The quantitative estimate of drug-likeness (QED) is 0.540. The molecule has 4 nitrogen and oxygen atoms in total. The summed E-state index contributed by atoms with van der Waals surface area (Å²) in [5.74, 6) is -0.222. The van der Waals surface area contributed by atoms with Crippen molar-refractivity contribution in [2.75, 3.05) is 20.2 Å². The number of nitrogens with zero attached hydrogens (tertiary/aromatic N) is 1. The van der Waals surface area contributed by atoms with Crippen LogP contribution < -0.4 is 0 Å². The van der Waals surface area contributed by atoms with Crippen molar-refractivity contribution in [3.05, 3.63) is 46.5 Å². The third-order valence-electron chi connectivity index (χ3n) is 4.00. The molecule has 0 fully saturated rings. The van der Waals surface area contributed by atoms with Crippen LogP contribution in [-0.4, -0.2) is 37.0 Å². The van der Waals surface area contributed by atoms with Crippen molar-refractivity contribution in [3.8, 4) is 0 Å². The minimum Gasteiger partial charge on any atom is -0.469 e. The number of unbranched alkanes of at least 4 members (excludes halogenated alkanes) is 1.